The lowest BCUT2D eigenvalue weighted by Gasteiger charge is -2.25. The standard InChI is InChI=1S/C14H24N4OS/c1-10(2)12(15)13(19)17-14-16-11(9-20-14)8-18-6-4-3-5-7-18/h9-10,12H,3-8,15H2,1-2H3,(H,16,17,19). The van der Waals surface area contributed by atoms with Crippen LogP contribution in [0, 0.1) is 5.92 Å². The fourth-order valence-corrected chi connectivity index (χ4v) is 2.98. The van der Waals surface area contributed by atoms with Crippen LogP contribution in [0.2, 0.25) is 0 Å². The highest BCUT2D eigenvalue weighted by molar-refractivity contribution is 7.13. The molecule has 20 heavy (non-hydrogen) atoms. The number of likely N-dealkylation sites (tertiary alicyclic amines) is 1. The molecule has 2 heterocycles. The van der Waals surface area contributed by atoms with E-state index in [1.54, 1.807) is 0 Å². The molecule has 0 saturated carbocycles. The van der Waals surface area contributed by atoms with Gasteiger partial charge in [0.15, 0.2) is 5.13 Å². The minimum Gasteiger partial charge on any atom is -0.320 e. The molecule has 5 nitrogen and oxygen atoms in total. The van der Waals surface area contributed by atoms with Crippen molar-refractivity contribution in [1.82, 2.24) is 9.88 Å². The SMILES string of the molecule is CC(C)C(N)C(=O)Nc1nc(CN2CCCCC2)cs1. The van der Waals surface area contributed by atoms with Crippen LogP contribution >= 0.6 is 11.3 Å². The van der Waals surface area contributed by atoms with Crippen molar-refractivity contribution in [2.24, 2.45) is 11.7 Å². The summed E-state index contributed by atoms with van der Waals surface area (Å²) in [6, 6.07) is -0.482. The van der Waals surface area contributed by atoms with Crippen LogP contribution in [-0.4, -0.2) is 34.9 Å². The fraction of sp³-hybridized carbons (Fsp3) is 0.714. The van der Waals surface area contributed by atoms with Gasteiger partial charge in [0.25, 0.3) is 0 Å². The van der Waals surface area contributed by atoms with Crippen molar-refractivity contribution < 1.29 is 4.79 Å². The highest BCUT2D eigenvalue weighted by atomic mass is 32.1. The number of piperidine rings is 1. The van der Waals surface area contributed by atoms with Crippen LogP contribution in [-0.2, 0) is 11.3 Å². The lowest BCUT2D eigenvalue weighted by atomic mass is 10.1. The Morgan fingerprint density at radius 3 is 2.80 bits per heavy atom. The maximum absolute atomic E-state index is 11.9. The van der Waals surface area contributed by atoms with E-state index < -0.39 is 6.04 Å². The molecule has 1 amide bonds. The predicted octanol–water partition coefficient (Wildman–Crippen LogP) is 2.05. The summed E-state index contributed by atoms with van der Waals surface area (Å²) in [5.74, 6) is -0.0262. The fourth-order valence-electron chi connectivity index (χ4n) is 2.28. The van der Waals surface area contributed by atoms with Crippen molar-refractivity contribution in [3.63, 3.8) is 0 Å². The van der Waals surface area contributed by atoms with E-state index in [4.69, 9.17) is 5.73 Å². The molecule has 1 aliphatic heterocycles. The number of aromatic nitrogens is 1. The Hall–Kier alpha value is -0.980. The second-order valence-corrected chi connectivity index (χ2v) is 6.60. The molecule has 1 aliphatic rings. The Kier molecular flexibility index (Phi) is 5.51. The molecule has 1 unspecified atom stereocenters. The molecule has 0 aliphatic carbocycles. The van der Waals surface area contributed by atoms with Gasteiger partial charge >= 0.3 is 0 Å². The molecule has 1 aromatic heterocycles. The summed E-state index contributed by atoms with van der Waals surface area (Å²) in [5.41, 5.74) is 6.85. The van der Waals surface area contributed by atoms with E-state index >= 15 is 0 Å². The van der Waals surface area contributed by atoms with E-state index in [0.29, 0.717) is 5.13 Å². The summed E-state index contributed by atoms with van der Waals surface area (Å²) in [5, 5.41) is 5.48. The number of nitrogens with one attached hydrogen (secondary N) is 1. The maximum Gasteiger partial charge on any atom is 0.243 e. The zero-order chi connectivity index (χ0) is 14.5. The Morgan fingerprint density at radius 1 is 1.45 bits per heavy atom. The first-order valence-electron chi connectivity index (χ1n) is 7.29. The van der Waals surface area contributed by atoms with Crippen molar-refractivity contribution in [2.45, 2.75) is 45.7 Å². The first kappa shape index (κ1) is 15.4. The largest absolute Gasteiger partial charge is 0.320 e. The molecule has 1 aromatic rings. The van der Waals surface area contributed by atoms with Gasteiger partial charge in [0.05, 0.1) is 11.7 Å². The lowest BCUT2D eigenvalue weighted by molar-refractivity contribution is -0.118. The number of carbonyl (C=O) groups excluding carboxylic acids is 1. The number of amides is 1. The highest BCUT2D eigenvalue weighted by Crippen LogP contribution is 2.19. The minimum atomic E-state index is -0.482. The van der Waals surface area contributed by atoms with Crippen LogP contribution in [0.3, 0.4) is 0 Å². The third-order valence-corrected chi connectivity index (χ3v) is 4.44. The molecule has 1 atom stereocenters. The number of nitrogens with two attached hydrogens (primary N) is 1. The van der Waals surface area contributed by atoms with Crippen LogP contribution in [0.25, 0.3) is 0 Å². The normalized spacial score (nSPS) is 18.2. The van der Waals surface area contributed by atoms with Gasteiger partial charge in [-0.3, -0.25) is 9.69 Å². The van der Waals surface area contributed by atoms with E-state index in [1.165, 1.54) is 30.6 Å². The molecule has 1 saturated heterocycles. The molecule has 3 N–H and O–H groups in total. The molecule has 0 spiro atoms. The van der Waals surface area contributed by atoms with Crippen LogP contribution in [0.4, 0.5) is 5.13 Å². The summed E-state index contributed by atoms with van der Waals surface area (Å²) >= 11 is 1.47. The average molecular weight is 296 g/mol. The zero-order valence-corrected chi connectivity index (χ0v) is 13.1. The molecule has 0 radical (unpaired) electrons. The first-order chi connectivity index (χ1) is 9.56. The van der Waals surface area contributed by atoms with Crippen LogP contribution < -0.4 is 11.1 Å². The van der Waals surface area contributed by atoms with Crippen LogP contribution in [0.1, 0.15) is 38.8 Å². The molecular weight excluding hydrogens is 272 g/mol. The van der Waals surface area contributed by atoms with Crippen LogP contribution in [0.15, 0.2) is 5.38 Å². The second kappa shape index (κ2) is 7.15. The van der Waals surface area contributed by atoms with E-state index in [0.717, 1.165) is 25.3 Å². The third kappa shape index (κ3) is 4.26. The van der Waals surface area contributed by atoms with Gasteiger partial charge in [0, 0.05) is 11.9 Å². The number of carbonyl (C=O) groups is 1. The molecule has 0 bridgehead atoms. The van der Waals surface area contributed by atoms with Gasteiger partial charge in [0.2, 0.25) is 5.91 Å². The number of anilines is 1. The van der Waals surface area contributed by atoms with Gasteiger partial charge in [-0.2, -0.15) is 0 Å². The Balaban J connectivity index is 1.87. The second-order valence-electron chi connectivity index (χ2n) is 5.74. The topological polar surface area (TPSA) is 71.2 Å². The van der Waals surface area contributed by atoms with E-state index in [-0.39, 0.29) is 11.8 Å². The average Bonchev–Trinajstić information content (AvgIpc) is 2.86. The number of hydrogen-bond acceptors (Lipinski definition) is 5. The highest BCUT2D eigenvalue weighted by Gasteiger charge is 2.19. The maximum atomic E-state index is 11.9. The molecule has 0 aromatic carbocycles. The van der Waals surface area contributed by atoms with Gasteiger partial charge < -0.3 is 11.1 Å². The first-order valence-corrected chi connectivity index (χ1v) is 8.17. The van der Waals surface area contributed by atoms with Crippen molar-refractivity contribution in [3.05, 3.63) is 11.1 Å². The van der Waals surface area contributed by atoms with Crippen molar-refractivity contribution in [1.29, 1.82) is 0 Å². The monoisotopic (exact) mass is 296 g/mol. The van der Waals surface area contributed by atoms with Gasteiger partial charge in [-0.15, -0.1) is 11.3 Å². The zero-order valence-electron chi connectivity index (χ0n) is 12.3. The molecule has 112 valence electrons. The van der Waals surface area contributed by atoms with Gasteiger partial charge in [-0.05, 0) is 31.8 Å². The lowest BCUT2D eigenvalue weighted by Crippen LogP contribution is -2.39. The van der Waals surface area contributed by atoms with E-state index in [2.05, 4.69) is 15.2 Å². The molecule has 2 rings (SSSR count). The molecule has 1 fully saturated rings. The number of hydrogen-bond donors (Lipinski definition) is 2. The Labute approximate surface area is 124 Å². The van der Waals surface area contributed by atoms with Crippen molar-refractivity contribution >= 4 is 22.4 Å². The smallest absolute Gasteiger partial charge is 0.243 e. The number of nitrogens with zero attached hydrogens (tertiary/aromatic N) is 2. The third-order valence-electron chi connectivity index (χ3n) is 3.64. The van der Waals surface area contributed by atoms with Gasteiger partial charge in [0.1, 0.15) is 0 Å². The van der Waals surface area contributed by atoms with Gasteiger partial charge in [-0.25, -0.2) is 4.98 Å². The summed E-state index contributed by atoms with van der Waals surface area (Å²) in [7, 11) is 0. The Morgan fingerprint density at radius 2 is 2.15 bits per heavy atom. The summed E-state index contributed by atoms with van der Waals surface area (Å²) in [6.07, 6.45) is 3.88. The number of rotatable bonds is 5. The molecular formula is C14H24N4OS. The van der Waals surface area contributed by atoms with Crippen LogP contribution in [0.5, 0.6) is 0 Å². The van der Waals surface area contributed by atoms with E-state index in [1.807, 2.05) is 19.2 Å². The van der Waals surface area contributed by atoms with Gasteiger partial charge in [-0.1, -0.05) is 20.3 Å². The van der Waals surface area contributed by atoms with Crippen molar-refractivity contribution in [3.8, 4) is 0 Å². The molecule has 6 heteroatoms. The number of thiazole rings is 1. The minimum absolute atomic E-state index is 0.128. The van der Waals surface area contributed by atoms with E-state index in [9.17, 15) is 4.79 Å². The quantitative estimate of drug-likeness (QED) is 0.872. The summed E-state index contributed by atoms with van der Waals surface area (Å²) in [4.78, 5) is 18.8. The Bertz CT molecular complexity index is 440. The summed E-state index contributed by atoms with van der Waals surface area (Å²) < 4.78 is 0. The van der Waals surface area contributed by atoms with Crippen molar-refractivity contribution in [2.75, 3.05) is 18.4 Å². The summed E-state index contributed by atoms with van der Waals surface area (Å²) in [6.45, 7) is 7.05. The predicted molar refractivity (Wildman–Crippen MR) is 82.7 cm³/mol.